The number of hydrogen-bond acceptors (Lipinski definition) is 5. The third-order valence-electron chi connectivity index (χ3n) is 6.59. The average Bonchev–Trinajstić information content (AvgIpc) is 2.80. The van der Waals surface area contributed by atoms with Crippen molar-refractivity contribution in [2.24, 2.45) is 0 Å². The van der Waals surface area contributed by atoms with Crippen LogP contribution in [0.3, 0.4) is 0 Å². The van der Waals surface area contributed by atoms with Crippen molar-refractivity contribution in [3.05, 3.63) is 63.4 Å². The summed E-state index contributed by atoms with van der Waals surface area (Å²) in [6.45, 7) is 15.9. The zero-order chi connectivity index (χ0) is 27.3. The molecule has 1 amide bonds. The molecule has 0 bridgehead atoms. The molecule has 8 heteroatoms. The molecule has 0 saturated heterocycles. The zero-order valence-corrected chi connectivity index (χ0v) is 23.8. The van der Waals surface area contributed by atoms with Crippen LogP contribution < -0.4 is 15.1 Å². The van der Waals surface area contributed by atoms with E-state index in [4.69, 9.17) is 5.10 Å². The molecule has 2 heterocycles. The SMILES string of the molecule is CCCSc1n[n+]2c(c(=O)[nH]1)-c1ccccc1N(C(C)=O)C2c1cc(C(C)(C)C)c(O)c(C(C)(C)C)c1. The number of aromatic nitrogens is 3. The van der Waals surface area contributed by atoms with Gasteiger partial charge in [-0.05, 0) is 46.2 Å². The normalized spacial score (nSPS) is 15.4. The van der Waals surface area contributed by atoms with Crippen molar-refractivity contribution >= 4 is 23.4 Å². The molecule has 3 aromatic rings. The third-order valence-corrected chi connectivity index (χ3v) is 7.66. The number of H-pyrrole nitrogens is 1. The summed E-state index contributed by atoms with van der Waals surface area (Å²) in [7, 11) is 0. The van der Waals surface area contributed by atoms with E-state index in [0.29, 0.717) is 22.1 Å². The molecule has 0 fully saturated rings. The van der Waals surface area contributed by atoms with Crippen LogP contribution in [0.5, 0.6) is 5.75 Å². The van der Waals surface area contributed by atoms with E-state index in [1.807, 2.05) is 36.4 Å². The van der Waals surface area contributed by atoms with Gasteiger partial charge in [-0.25, -0.2) is 4.90 Å². The molecule has 7 nitrogen and oxygen atoms in total. The van der Waals surface area contributed by atoms with Gasteiger partial charge < -0.3 is 5.11 Å². The first kappa shape index (κ1) is 26.9. The monoisotopic (exact) mass is 521 g/mol. The van der Waals surface area contributed by atoms with E-state index in [-0.39, 0.29) is 28.0 Å². The molecule has 0 aliphatic carbocycles. The van der Waals surface area contributed by atoms with Gasteiger partial charge in [-0.3, -0.25) is 14.6 Å². The predicted octanol–water partition coefficient (Wildman–Crippen LogP) is 5.44. The summed E-state index contributed by atoms with van der Waals surface area (Å²) >= 11 is 1.48. The van der Waals surface area contributed by atoms with Gasteiger partial charge in [0.2, 0.25) is 11.1 Å². The number of benzene rings is 2. The summed E-state index contributed by atoms with van der Waals surface area (Å²) in [5, 5.41) is 16.7. The molecule has 0 saturated carbocycles. The third kappa shape index (κ3) is 4.91. The maximum absolute atomic E-state index is 13.5. The molecule has 196 valence electrons. The summed E-state index contributed by atoms with van der Waals surface area (Å²) in [5.41, 5.74) is 3.10. The Morgan fingerprint density at radius 2 is 1.70 bits per heavy atom. The second-order valence-corrected chi connectivity index (χ2v) is 12.7. The molecule has 37 heavy (non-hydrogen) atoms. The fourth-order valence-electron chi connectivity index (χ4n) is 4.83. The highest BCUT2D eigenvalue weighted by Gasteiger charge is 2.46. The van der Waals surface area contributed by atoms with Crippen LogP contribution in [0.2, 0.25) is 0 Å². The van der Waals surface area contributed by atoms with E-state index < -0.39 is 6.17 Å². The number of phenolic OH excluding ortho intramolecular Hbond substituents is 1. The number of carbonyl (C=O) groups is 1. The van der Waals surface area contributed by atoms with Crippen molar-refractivity contribution in [2.75, 3.05) is 10.7 Å². The summed E-state index contributed by atoms with van der Waals surface area (Å²) in [4.78, 5) is 31.4. The van der Waals surface area contributed by atoms with E-state index in [9.17, 15) is 14.7 Å². The van der Waals surface area contributed by atoms with E-state index in [0.717, 1.165) is 28.9 Å². The van der Waals surface area contributed by atoms with E-state index >= 15 is 0 Å². The average molecular weight is 522 g/mol. The highest BCUT2D eigenvalue weighted by Crippen LogP contribution is 2.43. The minimum atomic E-state index is -0.700. The zero-order valence-electron chi connectivity index (χ0n) is 23.0. The van der Waals surface area contributed by atoms with Gasteiger partial charge in [-0.1, -0.05) is 72.4 Å². The van der Waals surface area contributed by atoms with Crippen LogP contribution >= 0.6 is 11.8 Å². The van der Waals surface area contributed by atoms with Gasteiger partial charge in [0.15, 0.2) is 0 Å². The Bertz CT molecular complexity index is 1380. The number of hydrogen-bond donors (Lipinski definition) is 2. The van der Waals surface area contributed by atoms with Crippen molar-refractivity contribution in [3.8, 4) is 17.0 Å². The van der Waals surface area contributed by atoms with Crippen molar-refractivity contribution in [2.45, 2.75) is 84.0 Å². The number of fused-ring (bicyclic) bond motifs is 3. The second kappa shape index (κ2) is 9.63. The molecule has 1 aliphatic heterocycles. The van der Waals surface area contributed by atoms with Crippen LogP contribution in [0.15, 0.2) is 46.3 Å². The standard InChI is InChI=1S/C29H36N4O3S/c1-9-14-37-27-30-25(36)23-19-12-10-11-13-22(19)32(17(2)34)26(33(23)31-27)18-15-20(28(3,4)5)24(35)21(16-18)29(6,7)8/h10-13,15-16,26H,9,14H2,1-8H3,(H-,30,31,35,36)/p+1. The number of carbonyl (C=O) groups excluding carboxylic acids is 1. The number of nitrogens with one attached hydrogen (secondary N) is 1. The number of amides is 1. The van der Waals surface area contributed by atoms with Gasteiger partial charge in [-0.2, -0.15) is 0 Å². The smallest absolute Gasteiger partial charge is 0.325 e. The summed E-state index contributed by atoms with van der Waals surface area (Å²) in [5.74, 6) is 0.905. The minimum absolute atomic E-state index is 0.164. The fraction of sp³-hybridized carbons (Fsp3) is 0.448. The number of rotatable bonds is 4. The number of aromatic hydroxyl groups is 1. The van der Waals surface area contributed by atoms with Gasteiger partial charge in [0.1, 0.15) is 5.75 Å². The van der Waals surface area contributed by atoms with Crippen LogP contribution in [-0.2, 0) is 15.6 Å². The Labute approximate surface area is 222 Å². The number of para-hydroxylation sites is 1. The number of aromatic amines is 1. The lowest BCUT2D eigenvalue weighted by Gasteiger charge is -2.33. The van der Waals surface area contributed by atoms with Crippen LogP contribution in [0.4, 0.5) is 5.69 Å². The van der Waals surface area contributed by atoms with Crippen LogP contribution in [0, 0.1) is 0 Å². The summed E-state index contributed by atoms with van der Waals surface area (Å²) < 4.78 is 1.69. The van der Waals surface area contributed by atoms with Crippen LogP contribution in [0.25, 0.3) is 11.3 Å². The molecule has 0 radical (unpaired) electrons. The number of nitrogens with zero attached hydrogens (tertiary/aromatic N) is 3. The van der Waals surface area contributed by atoms with Gasteiger partial charge >= 0.3 is 11.3 Å². The van der Waals surface area contributed by atoms with Crippen LogP contribution in [-0.4, -0.2) is 26.8 Å². The lowest BCUT2D eigenvalue weighted by Crippen LogP contribution is -2.60. The number of anilines is 1. The topological polar surface area (TPSA) is 90.2 Å². The van der Waals surface area contributed by atoms with Gasteiger partial charge in [0.05, 0.1) is 11.3 Å². The molecule has 0 spiro atoms. The molecule has 1 aliphatic rings. The molecule has 2 aromatic carbocycles. The summed E-state index contributed by atoms with van der Waals surface area (Å²) in [6.07, 6.45) is 0.234. The maximum atomic E-state index is 13.5. The Hall–Kier alpha value is -3.13. The largest absolute Gasteiger partial charge is 0.507 e. The van der Waals surface area contributed by atoms with Crippen molar-refractivity contribution in [1.82, 2.24) is 10.1 Å². The Morgan fingerprint density at radius 1 is 1.11 bits per heavy atom. The highest BCUT2D eigenvalue weighted by atomic mass is 32.2. The fourth-order valence-corrected chi connectivity index (χ4v) is 5.53. The number of phenols is 1. The first-order chi connectivity index (χ1) is 17.3. The van der Waals surface area contributed by atoms with Crippen molar-refractivity contribution < 1.29 is 14.6 Å². The van der Waals surface area contributed by atoms with Gasteiger partial charge in [0, 0.05) is 34.5 Å². The predicted molar refractivity (Wildman–Crippen MR) is 148 cm³/mol. The Kier molecular flexibility index (Phi) is 7.01. The molecular weight excluding hydrogens is 484 g/mol. The minimum Gasteiger partial charge on any atom is -0.507 e. The molecular formula is C29H37N4O3S+. The Balaban J connectivity index is 2.12. The molecule has 1 unspecified atom stereocenters. The number of thioether (sulfide) groups is 1. The maximum Gasteiger partial charge on any atom is 0.325 e. The van der Waals surface area contributed by atoms with Crippen molar-refractivity contribution in [3.63, 3.8) is 0 Å². The Morgan fingerprint density at radius 3 is 2.24 bits per heavy atom. The van der Waals surface area contributed by atoms with E-state index in [2.05, 4.69) is 53.5 Å². The first-order valence-electron chi connectivity index (χ1n) is 12.7. The van der Waals surface area contributed by atoms with Gasteiger partial charge in [-0.15, -0.1) is 0 Å². The lowest BCUT2D eigenvalue weighted by molar-refractivity contribution is -0.763. The summed E-state index contributed by atoms with van der Waals surface area (Å²) in [6, 6.07) is 11.3. The van der Waals surface area contributed by atoms with Crippen molar-refractivity contribution in [1.29, 1.82) is 0 Å². The molecule has 2 N–H and O–H groups in total. The van der Waals surface area contributed by atoms with Gasteiger partial charge in [0.25, 0.3) is 6.17 Å². The lowest BCUT2D eigenvalue weighted by atomic mass is 9.78. The van der Waals surface area contributed by atoms with Crippen LogP contribution in [0.1, 0.15) is 84.7 Å². The quantitative estimate of drug-likeness (QED) is 0.352. The molecule has 4 rings (SSSR count). The molecule has 1 atom stereocenters. The molecule has 1 aromatic heterocycles. The van der Waals surface area contributed by atoms with E-state index in [1.165, 1.54) is 18.7 Å². The first-order valence-corrected chi connectivity index (χ1v) is 13.7. The second-order valence-electron chi connectivity index (χ2n) is 11.6. The highest BCUT2D eigenvalue weighted by molar-refractivity contribution is 7.99. The van der Waals surface area contributed by atoms with E-state index in [1.54, 1.807) is 9.58 Å².